The maximum absolute atomic E-state index is 5.75. The molecule has 0 amide bonds. The number of anilines is 1. The molecule has 2 aromatic heterocycles. The summed E-state index contributed by atoms with van der Waals surface area (Å²) >= 11 is 1.47. The third kappa shape index (κ3) is 1.50. The molecule has 0 bridgehead atoms. The molecule has 0 saturated heterocycles. The van der Waals surface area contributed by atoms with Crippen molar-refractivity contribution in [1.29, 1.82) is 0 Å². The summed E-state index contributed by atoms with van der Waals surface area (Å²) in [5, 5.41) is 6.49. The molecule has 0 aliphatic heterocycles. The van der Waals surface area contributed by atoms with E-state index in [1.807, 2.05) is 25.3 Å². The fourth-order valence-corrected chi connectivity index (χ4v) is 1.71. The van der Waals surface area contributed by atoms with Gasteiger partial charge in [0.25, 0.3) is 5.89 Å². The SMILES string of the molecule is CC(C)c1noc(-c2ccsc2N)n1. The van der Waals surface area contributed by atoms with E-state index < -0.39 is 0 Å². The maximum Gasteiger partial charge on any atom is 0.260 e. The number of nitrogen functional groups attached to an aromatic ring is 1. The highest BCUT2D eigenvalue weighted by atomic mass is 32.1. The van der Waals surface area contributed by atoms with E-state index in [1.54, 1.807) is 0 Å². The lowest BCUT2D eigenvalue weighted by atomic mass is 10.2. The third-order valence-electron chi connectivity index (χ3n) is 1.88. The molecule has 2 aromatic rings. The first-order valence-electron chi connectivity index (χ1n) is 4.35. The predicted octanol–water partition coefficient (Wildman–Crippen LogP) is 2.50. The van der Waals surface area contributed by atoms with E-state index in [2.05, 4.69) is 10.1 Å². The Kier molecular flexibility index (Phi) is 2.25. The molecular weight excluding hydrogens is 198 g/mol. The molecule has 14 heavy (non-hydrogen) atoms. The second kappa shape index (κ2) is 3.42. The van der Waals surface area contributed by atoms with Crippen LogP contribution in [0.1, 0.15) is 25.6 Å². The monoisotopic (exact) mass is 209 g/mol. The topological polar surface area (TPSA) is 64.9 Å². The molecule has 0 aliphatic rings. The quantitative estimate of drug-likeness (QED) is 0.825. The van der Waals surface area contributed by atoms with Crippen LogP contribution in [0.2, 0.25) is 0 Å². The van der Waals surface area contributed by atoms with Gasteiger partial charge in [0.2, 0.25) is 0 Å². The number of nitrogens with zero attached hydrogens (tertiary/aromatic N) is 2. The van der Waals surface area contributed by atoms with Gasteiger partial charge in [0.1, 0.15) is 0 Å². The Morgan fingerprint density at radius 2 is 2.29 bits per heavy atom. The summed E-state index contributed by atoms with van der Waals surface area (Å²) in [4.78, 5) is 4.26. The zero-order valence-electron chi connectivity index (χ0n) is 8.02. The first kappa shape index (κ1) is 9.21. The number of nitrogens with two attached hydrogens (primary N) is 1. The first-order chi connectivity index (χ1) is 6.68. The van der Waals surface area contributed by atoms with Crippen LogP contribution in [0, 0.1) is 0 Å². The molecule has 0 spiro atoms. The lowest BCUT2D eigenvalue weighted by Crippen LogP contribution is -1.89. The van der Waals surface area contributed by atoms with E-state index >= 15 is 0 Å². The molecule has 74 valence electrons. The van der Waals surface area contributed by atoms with Crippen LogP contribution < -0.4 is 5.73 Å². The average Bonchev–Trinajstić information content (AvgIpc) is 2.71. The van der Waals surface area contributed by atoms with Crippen LogP contribution in [0.5, 0.6) is 0 Å². The molecular formula is C9H11N3OS. The van der Waals surface area contributed by atoms with Crippen LogP contribution in [0.4, 0.5) is 5.00 Å². The Bertz CT molecular complexity index is 433. The lowest BCUT2D eigenvalue weighted by molar-refractivity contribution is 0.419. The minimum absolute atomic E-state index is 0.271. The number of aromatic nitrogens is 2. The van der Waals surface area contributed by atoms with Crippen molar-refractivity contribution in [3.63, 3.8) is 0 Å². The highest BCUT2D eigenvalue weighted by Crippen LogP contribution is 2.29. The smallest absolute Gasteiger partial charge is 0.260 e. The first-order valence-corrected chi connectivity index (χ1v) is 5.23. The molecule has 2 rings (SSSR count). The van der Waals surface area contributed by atoms with E-state index in [4.69, 9.17) is 10.3 Å². The fraction of sp³-hybridized carbons (Fsp3) is 0.333. The average molecular weight is 209 g/mol. The van der Waals surface area contributed by atoms with Gasteiger partial charge >= 0.3 is 0 Å². The molecule has 0 atom stereocenters. The summed E-state index contributed by atoms with van der Waals surface area (Å²) in [7, 11) is 0. The molecule has 2 heterocycles. The van der Waals surface area contributed by atoms with Crippen molar-refractivity contribution in [2.24, 2.45) is 0 Å². The summed E-state index contributed by atoms with van der Waals surface area (Å²) in [5.41, 5.74) is 6.58. The lowest BCUT2D eigenvalue weighted by Gasteiger charge is -1.92. The van der Waals surface area contributed by atoms with Crippen molar-refractivity contribution in [3.8, 4) is 11.5 Å². The zero-order chi connectivity index (χ0) is 10.1. The molecule has 0 fully saturated rings. The summed E-state index contributed by atoms with van der Waals surface area (Å²) in [6.45, 7) is 4.04. The van der Waals surface area contributed by atoms with Gasteiger partial charge in [0.15, 0.2) is 5.82 Å². The Balaban J connectivity index is 2.39. The molecule has 0 aromatic carbocycles. The van der Waals surface area contributed by atoms with Crippen molar-refractivity contribution >= 4 is 16.3 Å². The fourth-order valence-electron chi connectivity index (χ4n) is 1.08. The van der Waals surface area contributed by atoms with Crippen LogP contribution in [-0.2, 0) is 0 Å². The standard InChI is InChI=1S/C9H11N3OS/c1-5(2)8-11-9(13-12-8)6-3-4-14-7(6)10/h3-5H,10H2,1-2H3. The van der Waals surface area contributed by atoms with E-state index in [0.29, 0.717) is 16.7 Å². The zero-order valence-corrected chi connectivity index (χ0v) is 8.84. The third-order valence-corrected chi connectivity index (χ3v) is 2.63. The summed E-state index contributed by atoms with van der Waals surface area (Å²) < 4.78 is 5.12. The number of hydrogen-bond donors (Lipinski definition) is 1. The number of rotatable bonds is 2. The van der Waals surface area contributed by atoms with Gasteiger partial charge < -0.3 is 10.3 Å². The van der Waals surface area contributed by atoms with Crippen molar-refractivity contribution in [2.45, 2.75) is 19.8 Å². The van der Waals surface area contributed by atoms with E-state index in [0.717, 1.165) is 5.56 Å². The van der Waals surface area contributed by atoms with Crippen molar-refractivity contribution < 1.29 is 4.52 Å². The van der Waals surface area contributed by atoms with E-state index in [1.165, 1.54) is 11.3 Å². The minimum atomic E-state index is 0.271. The Hall–Kier alpha value is -1.36. The minimum Gasteiger partial charge on any atom is -0.390 e. The Labute approximate surface area is 85.7 Å². The van der Waals surface area contributed by atoms with Gasteiger partial charge in [0.05, 0.1) is 10.6 Å². The highest BCUT2D eigenvalue weighted by molar-refractivity contribution is 7.14. The van der Waals surface area contributed by atoms with Crippen LogP contribution in [-0.4, -0.2) is 10.1 Å². The van der Waals surface area contributed by atoms with Crippen molar-refractivity contribution in [1.82, 2.24) is 10.1 Å². The maximum atomic E-state index is 5.75. The highest BCUT2D eigenvalue weighted by Gasteiger charge is 2.13. The molecule has 0 unspecified atom stereocenters. The molecule has 0 aliphatic carbocycles. The largest absolute Gasteiger partial charge is 0.390 e. The van der Waals surface area contributed by atoms with Crippen LogP contribution in [0.3, 0.4) is 0 Å². The number of thiophene rings is 1. The molecule has 0 radical (unpaired) electrons. The van der Waals surface area contributed by atoms with Crippen molar-refractivity contribution in [3.05, 3.63) is 17.3 Å². The van der Waals surface area contributed by atoms with Gasteiger partial charge in [-0.25, -0.2) is 0 Å². The van der Waals surface area contributed by atoms with Crippen LogP contribution >= 0.6 is 11.3 Å². The van der Waals surface area contributed by atoms with Gasteiger partial charge in [0, 0.05) is 5.92 Å². The van der Waals surface area contributed by atoms with Gasteiger partial charge in [-0.05, 0) is 11.4 Å². The molecule has 4 nitrogen and oxygen atoms in total. The summed E-state index contributed by atoms with van der Waals surface area (Å²) in [6.07, 6.45) is 0. The molecule has 0 saturated carbocycles. The van der Waals surface area contributed by atoms with Crippen molar-refractivity contribution in [2.75, 3.05) is 5.73 Å². The van der Waals surface area contributed by atoms with Gasteiger partial charge in [-0.2, -0.15) is 4.98 Å². The van der Waals surface area contributed by atoms with Gasteiger partial charge in [-0.1, -0.05) is 19.0 Å². The van der Waals surface area contributed by atoms with E-state index in [9.17, 15) is 0 Å². The second-order valence-corrected chi connectivity index (χ2v) is 4.26. The van der Waals surface area contributed by atoms with Crippen LogP contribution in [0.25, 0.3) is 11.5 Å². The normalized spacial score (nSPS) is 11.1. The number of hydrogen-bond acceptors (Lipinski definition) is 5. The Morgan fingerprint density at radius 1 is 1.50 bits per heavy atom. The summed E-state index contributed by atoms with van der Waals surface area (Å²) in [6, 6.07) is 1.89. The van der Waals surface area contributed by atoms with Gasteiger partial charge in [-0.3, -0.25) is 0 Å². The van der Waals surface area contributed by atoms with Gasteiger partial charge in [-0.15, -0.1) is 11.3 Å². The second-order valence-electron chi connectivity index (χ2n) is 3.31. The molecule has 2 N–H and O–H groups in total. The molecule has 5 heteroatoms. The summed E-state index contributed by atoms with van der Waals surface area (Å²) in [5.74, 6) is 1.49. The predicted molar refractivity (Wildman–Crippen MR) is 56.1 cm³/mol. The van der Waals surface area contributed by atoms with Crippen LogP contribution in [0.15, 0.2) is 16.0 Å². The van der Waals surface area contributed by atoms with E-state index in [-0.39, 0.29) is 5.92 Å². The Morgan fingerprint density at radius 3 is 2.79 bits per heavy atom.